The number of ether oxygens (including phenoxy) is 3. The van der Waals surface area contributed by atoms with E-state index in [0.29, 0.717) is 41.7 Å². The standard InChI is InChI=1S/C38H46N6O6/c1-41(37(46)29-22-34(47-2)36(49-4)35(23-29)48-3)24-28(27-12-15-39-16-13-27)14-19-42-17-7-18-43(21-20-42)38-40-32-8-5-6-9-33(32)44(38)25-30-10-11-31(26-45)50-30/h5-6,8-13,15-16,22-23,28,45H,7,14,17-21,24-26H2,1-4H3. The first-order valence-corrected chi connectivity index (χ1v) is 17.0. The smallest absolute Gasteiger partial charge is 0.253 e. The van der Waals surface area contributed by atoms with Gasteiger partial charge in [-0.05, 0) is 80.0 Å². The molecule has 5 aromatic rings. The van der Waals surface area contributed by atoms with Crippen molar-refractivity contribution in [1.29, 1.82) is 0 Å². The number of carbonyl (C=O) groups excluding carboxylic acids is 1. The predicted molar refractivity (Wildman–Crippen MR) is 191 cm³/mol. The number of hydrogen-bond donors (Lipinski definition) is 1. The fraction of sp³-hybridized carbons (Fsp3) is 0.395. The summed E-state index contributed by atoms with van der Waals surface area (Å²) < 4.78 is 24.5. The molecular formula is C38H46N6O6. The number of aliphatic hydroxyl groups is 1. The molecule has 0 radical (unpaired) electrons. The third kappa shape index (κ3) is 7.71. The topological polar surface area (TPSA) is 119 Å². The zero-order chi connectivity index (χ0) is 35.0. The van der Waals surface area contributed by atoms with E-state index in [1.54, 1.807) is 38.4 Å². The second-order valence-electron chi connectivity index (χ2n) is 12.6. The Hall–Kier alpha value is -5.07. The summed E-state index contributed by atoms with van der Waals surface area (Å²) in [4.78, 5) is 29.7. The van der Waals surface area contributed by atoms with Crippen LogP contribution in [0, 0.1) is 0 Å². The SMILES string of the molecule is COc1cc(C(=O)N(C)CC(CCN2CCCN(c3nc4ccccc4n3Cc3ccc(CO)o3)CC2)c2ccncc2)cc(OC)c1OC. The molecule has 0 aliphatic carbocycles. The zero-order valence-corrected chi connectivity index (χ0v) is 29.2. The summed E-state index contributed by atoms with van der Waals surface area (Å²) in [6.07, 6.45) is 5.50. The Balaban J connectivity index is 1.14. The van der Waals surface area contributed by atoms with Gasteiger partial charge in [-0.2, -0.15) is 0 Å². The Morgan fingerprint density at radius 2 is 1.68 bits per heavy atom. The summed E-state index contributed by atoms with van der Waals surface area (Å²) in [5.74, 6) is 3.58. The molecule has 2 aromatic carbocycles. The summed E-state index contributed by atoms with van der Waals surface area (Å²) >= 11 is 0. The molecule has 1 aliphatic heterocycles. The number of fused-ring (bicyclic) bond motifs is 1. The summed E-state index contributed by atoms with van der Waals surface area (Å²) in [5, 5.41) is 9.51. The molecule has 0 saturated carbocycles. The van der Waals surface area contributed by atoms with E-state index in [0.717, 1.165) is 73.9 Å². The quantitative estimate of drug-likeness (QED) is 0.171. The Labute approximate surface area is 292 Å². The number of imidazole rings is 1. The number of methoxy groups -OCH3 is 3. The molecule has 0 bridgehead atoms. The van der Waals surface area contributed by atoms with E-state index < -0.39 is 0 Å². The van der Waals surface area contributed by atoms with E-state index in [-0.39, 0.29) is 18.4 Å². The molecule has 1 fully saturated rings. The van der Waals surface area contributed by atoms with Crippen molar-refractivity contribution in [2.24, 2.45) is 0 Å². The Morgan fingerprint density at radius 3 is 2.38 bits per heavy atom. The number of carbonyl (C=O) groups is 1. The summed E-state index contributed by atoms with van der Waals surface area (Å²) in [7, 11) is 6.47. The minimum absolute atomic E-state index is 0.106. The third-order valence-corrected chi connectivity index (χ3v) is 9.42. The lowest BCUT2D eigenvalue weighted by Gasteiger charge is -2.28. The van der Waals surface area contributed by atoms with Gasteiger partial charge in [0.05, 0.1) is 38.9 Å². The predicted octanol–water partition coefficient (Wildman–Crippen LogP) is 5.05. The van der Waals surface area contributed by atoms with Gasteiger partial charge < -0.3 is 43.0 Å². The van der Waals surface area contributed by atoms with Crippen LogP contribution in [0.25, 0.3) is 11.0 Å². The molecule has 1 atom stereocenters. The molecule has 50 heavy (non-hydrogen) atoms. The first-order chi connectivity index (χ1) is 24.4. The molecular weight excluding hydrogens is 636 g/mol. The van der Waals surface area contributed by atoms with Crippen molar-refractivity contribution >= 4 is 22.9 Å². The van der Waals surface area contributed by atoms with Crippen LogP contribution in [0.3, 0.4) is 0 Å². The minimum Gasteiger partial charge on any atom is -0.493 e. The lowest BCUT2D eigenvalue weighted by atomic mass is 9.95. The van der Waals surface area contributed by atoms with Crippen molar-refractivity contribution in [2.75, 3.05) is 72.5 Å². The Morgan fingerprint density at radius 1 is 0.940 bits per heavy atom. The van der Waals surface area contributed by atoms with Crippen LogP contribution in [0.1, 0.15) is 46.2 Å². The highest BCUT2D eigenvalue weighted by atomic mass is 16.5. The van der Waals surface area contributed by atoms with Crippen molar-refractivity contribution in [1.82, 2.24) is 24.3 Å². The fourth-order valence-corrected chi connectivity index (χ4v) is 6.78. The lowest BCUT2D eigenvalue weighted by molar-refractivity contribution is 0.0782. The number of nitrogens with zero attached hydrogens (tertiary/aromatic N) is 6. The van der Waals surface area contributed by atoms with Crippen LogP contribution in [0.5, 0.6) is 17.2 Å². The van der Waals surface area contributed by atoms with Gasteiger partial charge in [-0.1, -0.05) is 12.1 Å². The monoisotopic (exact) mass is 682 g/mol. The lowest BCUT2D eigenvalue weighted by Crippen LogP contribution is -2.35. The van der Waals surface area contributed by atoms with Gasteiger partial charge in [0.15, 0.2) is 11.5 Å². The molecule has 12 nitrogen and oxygen atoms in total. The number of furan rings is 1. The van der Waals surface area contributed by atoms with Crippen LogP contribution in [0.4, 0.5) is 5.95 Å². The number of aromatic nitrogens is 3. The molecule has 1 aliphatic rings. The van der Waals surface area contributed by atoms with Gasteiger partial charge in [0.2, 0.25) is 11.7 Å². The molecule has 264 valence electrons. The van der Waals surface area contributed by atoms with Crippen molar-refractivity contribution in [3.05, 3.63) is 95.7 Å². The third-order valence-electron chi connectivity index (χ3n) is 9.42. The van der Waals surface area contributed by atoms with Crippen molar-refractivity contribution in [2.45, 2.75) is 31.9 Å². The fourth-order valence-electron chi connectivity index (χ4n) is 6.78. The second kappa shape index (κ2) is 16.1. The minimum atomic E-state index is -0.126. The Bertz CT molecular complexity index is 1850. The van der Waals surface area contributed by atoms with E-state index >= 15 is 0 Å². The number of aliphatic hydroxyl groups excluding tert-OH is 1. The molecule has 1 unspecified atom stereocenters. The van der Waals surface area contributed by atoms with E-state index in [2.05, 4.69) is 25.4 Å². The molecule has 4 heterocycles. The van der Waals surface area contributed by atoms with Gasteiger partial charge in [0.1, 0.15) is 18.1 Å². The number of rotatable bonds is 14. The first kappa shape index (κ1) is 34.8. The van der Waals surface area contributed by atoms with E-state index in [4.69, 9.17) is 23.6 Å². The molecule has 0 spiro atoms. The highest BCUT2D eigenvalue weighted by molar-refractivity contribution is 5.95. The molecule has 3 aromatic heterocycles. The average molecular weight is 683 g/mol. The highest BCUT2D eigenvalue weighted by Gasteiger charge is 2.25. The largest absolute Gasteiger partial charge is 0.493 e. The second-order valence-corrected chi connectivity index (χ2v) is 12.6. The van der Waals surface area contributed by atoms with Gasteiger partial charge in [0, 0.05) is 57.1 Å². The summed E-state index contributed by atoms with van der Waals surface area (Å²) in [6.45, 7) is 5.42. The first-order valence-electron chi connectivity index (χ1n) is 17.0. The van der Waals surface area contributed by atoms with E-state index in [1.165, 1.54) is 0 Å². The van der Waals surface area contributed by atoms with Crippen LogP contribution >= 0.6 is 0 Å². The zero-order valence-electron chi connectivity index (χ0n) is 29.2. The van der Waals surface area contributed by atoms with Crippen LogP contribution < -0.4 is 19.1 Å². The maximum Gasteiger partial charge on any atom is 0.253 e. The number of anilines is 1. The van der Waals surface area contributed by atoms with E-state index in [9.17, 15) is 9.90 Å². The number of likely N-dealkylation sites (N-methyl/N-ethyl adjacent to an activating group) is 1. The van der Waals surface area contributed by atoms with E-state index in [1.807, 2.05) is 61.9 Å². The van der Waals surface area contributed by atoms with Crippen molar-refractivity contribution in [3.8, 4) is 17.2 Å². The molecule has 1 amide bonds. The van der Waals surface area contributed by atoms with Gasteiger partial charge in [-0.25, -0.2) is 4.98 Å². The van der Waals surface area contributed by atoms with Crippen LogP contribution in [-0.2, 0) is 13.2 Å². The highest BCUT2D eigenvalue weighted by Crippen LogP contribution is 2.38. The van der Waals surface area contributed by atoms with Crippen molar-refractivity contribution in [3.63, 3.8) is 0 Å². The van der Waals surface area contributed by atoms with Gasteiger partial charge in [-0.3, -0.25) is 9.78 Å². The van der Waals surface area contributed by atoms with Gasteiger partial charge in [-0.15, -0.1) is 0 Å². The number of para-hydroxylation sites is 2. The number of pyridine rings is 1. The molecule has 1 N–H and O–H groups in total. The van der Waals surface area contributed by atoms with Crippen LogP contribution in [-0.4, -0.2) is 103 Å². The van der Waals surface area contributed by atoms with Crippen LogP contribution in [0.15, 0.2) is 77.5 Å². The summed E-state index contributed by atoms with van der Waals surface area (Å²) in [5.41, 5.74) is 3.62. The Kier molecular flexibility index (Phi) is 11.2. The van der Waals surface area contributed by atoms with Gasteiger partial charge >= 0.3 is 0 Å². The molecule has 1 saturated heterocycles. The maximum atomic E-state index is 13.7. The normalized spacial score (nSPS) is 14.4. The number of benzene rings is 2. The van der Waals surface area contributed by atoms with Crippen molar-refractivity contribution < 1.29 is 28.5 Å². The molecule has 12 heteroatoms. The number of hydrogen-bond acceptors (Lipinski definition) is 10. The van der Waals surface area contributed by atoms with Crippen LogP contribution in [0.2, 0.25) is 0 Å². The average Bonchev–Trinajstić information content (AvgIpc) is 3.69. The summed E-state index contributed by atoms with van der Waals surface area (Å²) in [6, 6.07) is 19.4. The maximum absolute atomic E-state index is 13.7. The molecule has 6 rings (SSSR count). The van der Waals surface area contributed by atoms with Gasteiger partial charge in [0.25, 0.3) is 5.91 Å². The number of amides is 1.